The first-order chi connectivity index (χ1) is 8.18. The minimum absolute atomic E-state index is 0.00565. The number of nitrogens with zero attached hydrogens (tertiary/aromatic N) is 2. The number of nitro groups is 1. The number of rotatable bonds is 3. The van der Waals surface area contributed by atoms with Gasteiger partial charge in [-0.3, -0.25) is 20.2 Å². The van der Waals surface area contributed by atoms with Gasteiger partial charge in [0.15, 0.2) is 0 Å². The molecule has 0 radical (unpaired) electrons. The molecule has 2 rings (SSSR count). The van der Waals surface area contributed by atoms with Gasteiger partial charge in [0.05, 0.1) is 4.92 Å². The third-order valence-corrected chi connectivity index (χ3v) is 2.08. The van der Waals surface area contributed by atoms with Crippen LogP contribution in [0.3, 0.4) is 0 Å². The summed E-state index contributed by atoms with van der Waals surface area (Å²) in [5.41, 5.74) is -0.245. The number of H-pyrrole nitrogens is 1. The summed E-state index contributed by atoms with van der Waals surface area (Å²) in [6.45, 7) is 0. The van der Waals surface area contributed by atoms with Crippen LogP contribution in [0.5, 0.6) is 0 Å². The zero-order valence-corrected chi connectivity index (χ0v) is 8.58. The van der Waals surface area contributed by atoms with Gasteiger partial charge in [0, 0.05) is 18.5 Å². The second-order valence-corrected chi connectivity index (χ2v) is 3.17. The Labute approximate surface area is 95.6 Å². The van der Waals surface area contributed by atoms with Crippen LogP contribution in [0.4, 0.5) is 11.6 Å². The number of para-hydroxylation sites is 1. The minimum Gasteiger partial charge on any atom is -0.331 e. The second-order valence-electron chi connectivity index (χ2n) is 3.17. The number of nitro benzene ring substituents is 1. The number of benzene rings is 1. The second kappa shape index (κ2) is 4.44. The van der Waals surface area contributed by atoms with Crippen LogP contribution in [0.15, 0.2) is 36.7 Å². The number of nitrogens with one attached hydrogen (secondary N) is 2. The summed E-state index contributed by atoms with van der Waals surface area (Å²) < 4.78 is 0. The minimum atomic E-state index is -0.600. The van der Waals surface area contributed by atoms with Crippen molar-refractivity contribution in [2.45, 2.75) is 0 Å². The van der Waals surface area contributed by atoms with Gasteiger partial charge in [-0.15, -0.1) is 0 Å². The van der Waals surface area contributed by atoms with Crippen molar-refractivity contribution in [2.24, 2.45) is 0 Å². The number of aromatic nitrogens is 2. The maximum absolute atomic E-state index is 11.8. The lowest BCUT2D eigenvalue weighted by atomic mass is 10.1. The lowest BCUT2D eigenvalue weighted by Crippen LogP contribution is -2.14. The van der Waals surface area contributed by atoms with Crippen LogP contribution in [0.2, 0.25) is 0 Å². The van der Waals surface area contributed by atoms with Crippen molar-refractivity contribution in [2.75, 3.05) is 5.32 Å². The molecule has 7 heteroatoms. The summed E-state index contributed by atoms with van der Waals surface area (Å²) in [7, 11) is 0. The van der Waals surface area contributed by atoms with Crippen molar-refractivity contribution in [3.05, 3.63) is 52.3 Å². The summed E-state index contributed by atoms with van der Waals surface area (Å²) in [5, 5.41) is 13.2. The maximum atomic E-state index is 11.8. The van der Waals surface area contributed by atoms with Crippen molar-refractivity contribution in [3.8, 4) is 0 Å². The molecule has 2 N–H and O–H groups in total. The molecule has 0 unspecified atom stereocenters. The van der Waals surface area contributed by atoms with Crippen LogP contribution in [-0.2, 0) is 0 Å². The van der Waals surface area contributed by atoms with Gasteiger partial charge in [0.25, 0.3) is 11.6 Å². The molecule has 0 fully saturated rings. The van der Waals surface area contributed by atoms with Crippen LogP contribution in [0.1, 0.15) is 10.4 Å². The third kappa shape index (κ3) is 2.28. The number of carbonyl (C=O) groups is 1. The number of hydrogen-bond donors (Lipinski definition) is 2. The summed E-state index contributed by atoms with van der Waals surface area (Å²) in [4.78, 5) is 28.4. The highest BCUT2D eigenvalue weighted by molar-refractivity contribution is 6.06. The van der Waals surface area contributed by atoms with Gasteiger partial charge < -0.3 is 4.98 Å². The van der Waals surface area contributed by atoms with Gasteiger partial charge in [-0.2, -0.15) is 0 Å². The van der Waals surface area contributed by atoms with E-state index in [9.17, 15) is 14.9 Å². The smallest absolute Gasteiger partial charge is 0.282 e. The Kier molecular flexibility index (Phi) is 2.82. The molecule has 1 aromatic carbocycles. The fraction of sp³-hybridized carbons (Fsp3) is 0. The lowest BCUT2D eigenvalue weighted by molar-refractivity contribution is -0.385. The first kappa shape index (κ1) is 10.8. The quantitative estimate of drug-likeness (QED) is 0.619. The fourth-order valence-corrected chi connectivity index (χ4v) is 1.33. The van der Waals surface area contributed by atoms with E-state index >= 15 is 0 Å². The number of amides is 1. The van der Waals surface area contributed by atoms with E-state index in [1.54, 1.807) is 6.07 Å². The van der Waals surface area contributed by atoms with Crippen molar-refractivity contribution < 1.29 is 9.72 Å². The normalized spacial score (nSPS) is 9.88. The van der Waals surface area contributed by atoms with Crippen molar-refractivity contribution in [1.29, 1.82) is 0 Å². The van der Waals surface area contributed by atoms with Gasteiger partial charge in [0.2, 0.25) is 5.95 Å². The molecule has 1 heterocycles. The SMILES string of the molecule is O=C(Nc1ncc[nH]1)c1ccccc1[N+](=O)[O-]. The molecule has 0 atom stereocenters. The number of aromatic amines is 1. The monoisotopic (exact) mass is 232 g/mol. The molecule has 2 aromatic rings. The van der Waals surface area contributed by atoms with E-state index in [1.165, 1.54) is 30.6 Å². The molecule has 0 saturated heterocycles. The molecular weight excluding hydrogens is 224 g/mol. The van der Waals surface area contributed by atoms with Gasteiger partial charge >= 0.3 is 0 Å². The maximum Gasteiger partial charge on any atom is 0.282 e. The number of imidazole rings is 1. The molecule has 0 saturated carbocycles. The van der Waals surface area contributed by atoms with E-state index in [0.29, 0.717) is 0 Å². The van der Waals surface area contributed by atoms with Gasteiger partial charge in [-0.25, -0.2) is 4.98 Å². The first-order valence-corrected chi connectivity index (χ1v) is 4.72. The zero-order valence-electron chi connectivity index (χ0n) is 8.58. The van der Waals surface area contributed by atoms with Crippen LogP contribution in [0.25, 0.3) is 0 Å². The van der Waals surface area contributed by atoms with Crippen molar-refractivity contribution in [3.63, 3.8) is 0 Å². The standard InChI is InChI=1S/C10H8N4O3/c15-9(13-10-11-5-6-12-10)7-3-1-2-4-8(7)14(16)17/h1-6H,(H2,11,12,13,15). The van der Waals surface area contributed by atoms with Crippen molar-refractivity contribution >= 4 is 17.5 Å². The van der Waals surface area contributed by atoms with Crippen LogP contribution >= 0.6 is 0 Å². The van der Waals surface area contributed by atoms with Gasteiger partial charge in [-0.05, 0) is 6.07 Å². The Bertz CT molecular complexity index is 550. The Morgan fingerprint density at radius 3 is 2.82 bits per heavy atom. The molecule has 0 aliphatic rings. The van der Waals surface area contributed by atoms with Gasteiger partial charge in [-0.1, -0.05) is 12.1 Å². The summed E-state index contributed by atoms with van der Waals surface area (Å²) in [6.07, 6.45) is 3.00. The molecule has 86 valence electrons. The van der Waals surface area contributed by atoms with Crippen LogP contribution in [-0.4, -0.2) is 20.8 Å². The summed E-state index contributed by atoms with van der Waals surface area (Å²) in [5.74, 6) is -0.333. The molecule has 0 bridgehead atoms. The van der Waals surface area contributed by atoms with E-state index in [4.69, 9.17) is 0 Å². The number of anilines is 1. The van der Waals surface area contributed by atoms with E-state index < -0.39 is 10.8 Å². The van der Waals surface area contributed by atoms with Crippen LogP contribution in [0, 0.1) is 10.1 Å². The van der Waals surface area contributed by atoms with E-state index in [0.717, 1.165) is 0 Å². The molecular formula is C10H8N4O3. The third-order valence-electron chi connectivity index (χ3n) is 2.08. The predicted molar refractivity (Wildman–Crippen MR) is 59.6 cm³/mol. The fourth-order valence-electron chi connectivity index (χ4n) is 1.33. The Morgan fingerprint density at radius 2 is 2.18 bits per heavy atom. The van der Waals surface area contributed by atoms with Crippen molar-refractivity contribution in [1.82, 2.24) is 9.97 Å². The molecule has 0 aliphatic heterocycles. The Balaban J connectivity index is 2.28. The molecule has 1 amide bonds. The highest BCUT2D eigenvalue weighted by atomic mass is 16.6. The average Bonchev–Trinajstić information content (AvgIpc) is 2.81. The van der Waals surface area contributed by atoms with E-state index in [1.807, 2.05) is 0 Å². The average molecular weight is 232 g/mol. The molecule has 0 spiro atoms. The Hall–Kier alpha value is -2.70. The number of carbonyl (C=O) groups excluding carboxylic acids is 1. The first-order valence-electron chi connectivity index (χ1n) is 4.72. The summed E-state index contributed by atoms with van der Waals surface area (Å²) >= 11 is 0. The molecule has 17 heavy (non-hydrogen) atoms. The Morgan fingerprint density at radius 1 is 1.41 bits per heavy atom. The highest BCUT2D eigenvalue weighted by Crippen LogP contribution is 2.18. The van der Waals surface area contributed by atoms with Crippen LogP contribution < -0.4 is 5.32 Å². The molecule has 7 nitrogen and oxygen atoms in total. The lowest BCUT2D eigenvalue weighted by Gasteiger charge is -2.02. The zero-order chi connectivity index (χ0) is 12.3. The number of hydrogen-bond acceptors (Lipinski definition) is 4. The molecule has 1 aromatic heterocycles. The highest BCUT2D eigenvalue weighted by Gasteiger charge is 2.19. The van der Waals surface area contributed by atoms with Gasteiger partial charge in [0.1, 0.15) is 5.56 Å². The largest absolute Gasteiger partial charge is 0.331 e. The van der Waals surface area contributed by atoms with E-state index in [-0.39, 0.29) is 17.2 Å². The summed E-state index contributed by atoms with van der Waals surface area (Å²) in [6, 6.07) is 5.72. The topological polar surface area (TPSA) is 101 Å². The van der Waals surface area contributed by atoms with E-state index in [2.05, 4.69) is 15.3 Å². The predicted octanol–water partition coefficient (Wildman–Crippen LogP) is 1.57. The molecule has 0 aliphatic carbocycles.